The number of β-amino-alcohol motifs (C(OH)–C–C–N with tert-alkyl or cyclic N) is 1. The van der Waals surface area contributed by atoms with Crippen LogP contribution in [0.15, 0.2) is 54.2 Å². The largest absolute Gasteiger partial charge is 0.395 e. The Hall–Kier alpha value is -2.74. The van der Waals surface area contributed by atoms with Crippen molar-refractivity contribution in [2.45, 2.75) is 0 Å². The number of aliphatic hydroxyl groups excluding tert-OH is 1. The Morgan fingerprint density at radius 1 is 0.933 bits per heavy atom. The van der Waals surface area contributed by atoms with Gasteiger partial charge in [-0.3, -0.25) is 14.5 Å². The molecule has 0 aromatic heterocycles. The van der Waals surface area contributed by atoms with Gasteiger partial charge in [0.25, 0.3) is 11.8 Å². The van der Waals surface area contributed by atoms with Gasteiger partial charge in [0.1, 0.15) is 11.5 Å². The topological polar surface area (TPSA) is 64.1 Å². The summed E-state index contributed by atoms with van der Waals surface area (Å²) in [5.74, 6) is -1.34. The summed E-state index contributed by atoms with van der Waals surface area (Å²) in [6.45, 7) is 3.03. The summed E-state index contributed by atoms with van der Waals surface area (Å²) in [4.78, 5) is 31.9. The molecule has 2 heterocycles. The lowest BCUT2D eigenvalue weighted by Crippen LogP contribution is -2.48. The third-order valence-corrected chi connectivity index (χ3v) is 5.71. The Labute approximate surface area is 178 Å². The number of hydrogen-bond donors (Lipinski definition) is 1. The van der Waals surface area contributed by atoms with E-state index in [1.165, 1.54) is 24.3 Å². The number of halogens is 2. The standard InChI is InChI=1S/C22H21ClFN3O3/c23-17-3-1-2-4-18(17)27-21(29)19(15-5-7-16(24)8-6-15)20(22(27)30)26-11-9-25(10-12-26)13-14-28/h1-8,28H,9-14H2. The summed E-state index contributed by atoms with van der Waals surface area (Å²) in [7, 11) is 0. The number of amides is 2. The fraction of sp³-hybridized carbons (Fsp3) is 0.273. The van der Waals surface area contributed by atoms with Crippen molar-refractivity contribution in [3.8, 4) is 0 Å². The minimum atomic E-state index is -0.479. The highest BCUT2D eigenvalue weighted by Crippen LogP contribution is 2.37. The molecule has 0 saturated carbocycles. The molecule has 1 fully saturated rings. The van der Waals surface area contributed by atoms with E-state index in [-0.39, 0.29) is 12.2 Å². The maximum atomic E-state index is 13.5. The van der Waals surface area contributed by atoms with E-state index in [9.17, 15) is 14.0 Å². The molecule has 0 bridgehead atoms. The predicted octanol–water partition coefficient (Wildman–Crippen LogP) is 2.37. The van der Waals surface area contributed by atoms with Gasteiger partial charge < -0.3 is 10.0 Å². The minimum Gasteiger partial charge on any atom is -0.395 e. The summed E-state index contributed by atoms with van der Waals surface area (Å²) in [6, 6.07) is 12.3. The van der Waals surface area contributed by atoms with Gasteiger partial charge in [-0.25, -0.2) is 9.29 Å². The summed E-state index contributed by atoms with van der Waals surface area (Å²) >= 11 is 6.28. The first-order chi connectivity index (χ1) is 14.5. The molecule has 6 nitrogen and oxygen atoms in total. The summed E-state index contributed by atoms with van der Waals surface area (Å²) in [6.07, 6.45) is 0. The highest BCUT2D eigenvalue weighted by molar-refractivity contribution is 6.47. The van der Waals surface area contributed by atoms with Crippen LogP contribution in [0.1, 0.15) is 5.56 Å². The van der Waals surface area contributed by atoms with Gasteiger partial charge in [0, 0.05) is 32.7 Å². The molecular formula is C22H21ClFN3O3. The molecule has 1 saturated heterocycles. The molecule has 2 aromatic carbocycles. The van der Waals surface area contributed by atoms with Crippen LogP contribution in [0.3, 0.4) is 0 Å². The highest BCUT2D eigenvalue weighted by atomic mass is 35.5. The van der Waals surface area contributed by atoms with Crippen LogP contribution in [0.25, 0.3) is 5.57 Å². The normalized spacial score (nSPS) is 18.0. The van der Waals surface area contributed by atoms with Crippen molar-refractivity contribution in [2.24, 2.45) is 0 Å². The second-order valence-corrected chi connectivity index (χ2v) is 7.59. The van der Waals surface area contributed by atoms with Crippen molar-refractivity contribution in [2.75, 3.05) is 44.2 Å². The van der Waals surface area contributed by atoms with Gasteiger partial charge in [-0.2, -0.15) is 0 Å². The maximum absolute atomic E-state index is 13.5. The average Bonchev–Trinajstić information content (AvgIpc) is 3.00. The van der Waals surface area contributed by atoms with Gasteiger partial charge in [0.05, 0.1) is 22.9 Å². The van der Waals surface area contributed by atoms with Gasteiger partial charge in [0.2, 0.25) is 0 Å². The molecule has 0 radical (unpaired) electrons. The predicted molar refractivity (Wildman–Crippen MR) is 112 cm³/mol. The van der Waals surface area contributed by atoms with Crippen LogP contribution < -0.4 is 4.90 Å². The zero-order valence-corrected chi connectivity index (χ0v) is 17.0. The Morgan fingerprint density at radius 3 is 2.23 bits per heavy atom. The van der Waals surface area contributed by atoms with Crippen LogP contribution in [0, 0.1) is 5.82 Å². The molecule has 0 unspecified atom stereocenters. The quantitative estimate of drug-likeness (QED) is 0.739. The first kappa shape index (κ1) is 20.5. The Bertz CT molecular complexity index is 1000. The number of anilines is 1. The van der Waals surface area contributed by atoms with Crippen LogP contribution >= 0.6 is 11.6 Å². The number of imide groups is 1. The monoisotopic (exact) mass is 429 g/mol. The van der Waals surface area contributed by atoms with Crippen LogP contribution in [0.2, 0.25) is 5.02 Å². The first-order valence-electron chi connectivity index (χ1n) is 9.73. The van der Waals surface area contributed by atoms with Crippen LogP contribution in [-0.4, -0.2) is 66.1 Å². The van der Waals surface area contributed by atoms with Gasteiger partial charge in [-0.1, -0.05) is 35.9 Å². The summed E-state index contributed by atoms with van der Waals surface area (Å²) in [5.41, 5.74) is 1.35. The van der Waals surface area contributed by atoms with Crippen LogP contribution in [0.4, 0.5) is 10.1 Å². The molecule has 156 valence electrons. The molecule has 0 spiro atoms. The fourth-order valence-electron chi connectivity index (χ4n) is 3.88. The van der Waals surface area contributed by atoms with E-state index in [0.717, 1.165) is 4.90 Å². The van der Waals surface area contributed by atoms with E-state index in [1.807, 2.05) is 4.90 Å². The van der Waals surface area contributed by atoms with E-state index in [2.05, 4.69) is 4.90 Å². The zero-order chi connectivity index (χ0) is 21.3. The van der Waals surface area contributed by atoms with E-state index in [4.69, 9.17) is 16.7 Å². The van der Waals surface area contributed by atoms with Crippen molar-refractivity contribution in [1.29, 1.82) is 0 Å². The molecule has 2 amide bonds. The molecule has 2 aliphatic rings. The number of carbonyl (C=O) groups is 2. The minimum absolute atomic E-state index is 0.0707. The molecule has 0 atom stereocenters. The number of para-hydroxylation sites is 1. The third-order valence-electron chi connectivity index (χ3n) is 5.39. The number of nitrogens with zero attached hydrogens (tertiary/aromatic N) is 3. The molecule has 4 rings (SSSR count). The number of carbonyl (C=O) groups excluding carboxylic acids is 2. The lowest BCUT2D eigenvalue weighted by atomic mass is 10.0. The summed E-state index contributed by atoms with van der Waals surface area (Å²) in [5, 5.41) is 9.46. The number of aliphatic hydroxyl groups is 1. The number of hydrogen-bond acceptors (Lipinski definition) is 5. The third kappa shape index (κ3) is 3.71. The number of piperazine rings is 1. The Balaban J connectivity index is 1.75. The number of benzene rings is 2. The molecule has 1 N–H and O–H groups in total. The van der Waals surface area contributed by atoms with Gasteiger partial charge in [0.15, 0.2) is 0 Å². The van der Waals surface area contributed by atoms with Gasteiger partial charge in [-0.05, 0) is 29.8 Å². The lowest BCUT2D eigenvalue weighted by molar-refractivity contribution is -0.120. The van der Waals surface area contributed by atoms with Crippen molar-refractivity contribution in [3.05, 3.63) is 70.6 Å². The van der Waals surface area contributed by atoms with Crippen LogP contribution in [-0.2, 0) is 9.59 Å². The molecule has 2 aromatic rings. The zero-order valence-electron chi connectivity index (χ0n) is 16.2. The summed E-state index contributed by atoms with van der Waals surface area (Å²) < 4.78 is 13.5. The second-order valence-electron chi connectivity index (χ2n) is 7.18. The SMILES string of the molecule is O=C1C(c2ccc(F)cc2)=C(N2CCN(CCO)CC2)C(=O)N1c1ccccc1Cl. The first-order valence-corrected chi connectivity index (χ1v) is 10.1. The average molecular weight is 430 g/mol. The van der Waals surface area contributed by atoms with Gasteiger partial charge >= 0.3 is 0 Å². The number of rotatable bonds is 5. The van der Waals surface area contributed by atoms with Crippen molar-refractivity contribution in [3.63, 3.8) is 0 Å². The maximum Gasteiger partial charge on any atom is 0.282 e. The molecule has 30 heavy (non-hydrogen) atoms. The Morgan fingerprint density at radius 2 is 1.60 bits per heavy atom. The fourth-order valence-corrected chi connectivity index (χ4v) is 4.10. The molecule has 2 aliphatic heterocycles. The molecule has 8 heteroatoms. The van der Waals surface area contributed by atoms with E-state index in [1.54, 1.807) is 24.3 Å². The molecular weight excluding hydrogens is 409 g/mol. The van der Waals surface area contributed by atoms with Crippen molar-refractivity contribution >= 4 is 34.7 Å². The van der Waals surface area contributed by atoms with Crippen LogP contribution in [0.5, 0.6) is 0 Å². The Kier molecular flexibility index (Phi) is 5.85. The smallest absolute Gasteiger partial charge is 0.282 e. The van der Waals surface area contributed by atoms with Crippen molar-refractivity contribution in [1.82, 2.24) is 9.80 Å². The molecule has 0 aliphatic carbocycles. The van der Waals surface area contributed by atoms with E-state index >= 15 is 0 Å². The second kappa shape index (κ2) is 8.55. The van der Waals surface area contributed by atoms with Gasteiger partial charge in [-0.15, -0.1) is 0 Å². The lowest BCUT2D eigenvalue weighted by Gasteiger charge is -2.36. The van der Waals surface area contributed by atoms with Crippen molar-refractivity contribution < 1.29 is 19.1 Å². The van der Waals surface area contributed by atoms with E-state index < -0.39 is 17.6 Å². The van der Waals surface area contributed by atoms with E-state index in [0.29, 0.717) is 54.7 Å². The highest BCUT2D eigenvalue weighted by Gasteiger charge is 2.43.